The van der Waals surface area contributed by atoms with Crippen molar-refractivity contribution in [1.82, 2.24) is 10.9 Å². The van der Waals surface area contributed by atoms with E-state index in [9.17, 15) is 9.90 Å². The van der Waals surface area contributed by atoms with Gasteiger partial charge in [0.1, 0.15) is 6.10 Å². The number of aliphatic hydroxyl groups excluding tert-OH is 1. The number of aryl methyl sites for hydroxylation is 2. The molecule has 4 heteroatoms. The van der Waals surface area contributed by atoms with E-state index in [1.807, 2.05) is 0 Å². The number of benzene rings is 1. The van der Waals surface area contributed by atoms with Crippen LogP contribution in [0.1, 0.15) is 24.0 Å². The molecule has 1 amide bonds. The van der Waals surface area contributed by atoms with Crippen LogP contribution < -0.4 is 10.9 Å². The summed E-state index contributed by atoms with van der Waals surface area (Å²) in [6.45, 7) is 2.07. The molecule has 4 nitrogen and oxygen atoms in total. The van der Waals surface area contributed by atoms with Crippen molar-refractivity contribution in [3.05, 3.63) is 35.4 Å². The van der Waals surface area contributed by atoms with Crippen molar-refractivity contribution < 1.29 is 9.90 Å². The van der Waals surface area contributed by atoms with Crippen molar-refractivity contribution >= 4 is 5.91 Å². The average Bonchev–Trinajstić information content (AvgIpc) is 2.33. The third-order valence-corrected chi connectivity index (χ3v) is 3.11. The molecular formula is C13H18N2O2. The van der Waals surface area contributed by atoms with Gasteiger partial charge >= 0.3 is 0 Å². The molecule has 1 aromatic carbocycles. The molecule has 0 radical (unpaired) electrons. The largest absolute Gasteiger partial charge is 0.383 e. The zero-order valence-corrected chi connectivity index (χ0v) is 9.94. The number of nitrogens with one attached hydrogen (secondary N) is 2. The first kappa shape index (κ1) is 12.1. The molecule has 92 valence electrons. The fourth-order valence-electron chi connectivity index (χ4n) is 1.98. The monoisotopic (exact) mass is 234 g/mol. The third-order valence-electron chi connectivity index (χ3n) is 3.11. The van der Waals surface area contributed by atoms with E-state index < -0.39 is 6.10 Å². The molecule has 0 spiro atoms. The lowest BCUT2D eigenvalue weighted by Gasteiger charge is -2.27. The minimum atomic E-state index is -0.876. The molecule has 2 atom stereocenters. The maximum atomic E-state index is 11.0. The Kier molecular flexibility index (Phi) is 3.76. The molecule has 2 rings (SSSR count). The van der Waals surface area contributed by atoms with E-state index in [1.54, 1.807) is 0 Å². The average molecular weight is 234 g/mol. The van der Waals surface area contributed by atoms with Crippen molar-refractivity contribution in [3.8, 4) is 0 Å². The summed E-state index contributed by atoms with van der Waals surface area (Å²) in [6.07, 6.45) is 1.46. The van der Waals surface area contributed by atoms with Gasteiger partial charge in [0.2, 0.25) is 0 Å². The highest BCUT2D eigenvalue weighted by Crippen LogP contribution is 2.12. The standard InChI is InChI=1S/C13H18N2O2/c1-9-2-4-10(5-3-9)6-7-11-8-12(16)13(17)15-14-11/h2-5,11-12,14,16H,6-8H2,1H3,(H,15,17). The van der Waals surface area contributed by atoms with Crippen LogP contribution in [0.3, 0.4) is 0 Å². The molecule has 0 aliphatic carbocycles. The van der Waals surface area contributed by atoms with Crippen LogP contribution in [-0.2, 0) is 11.2 Å². The van der Waals surface area contributed by atoms with Gasteiger partial charge in [0.15, 0.2) is 0 Å². The second-order valence-electron chi connectivity index (χ2n) is 4.61. The van der Waals surface area contributed by atoms with Crippen LogP contribution in [0.5, 0.6) is 0 Å². The Bertz CT molecular complexity index is 389. The van der Waals surface area contributed by atoms with E-state index in [-0.39, 0.29) is 11.9 Å². The Morgan fingerprint density at radius 3 is 2.71 bits per heavy atom. The van der Waals surface area contributed by atoms with Gasteiger partial charge in [-0.25, -0.2) is 5.43 Å². The summed E-state index contributed by atoms with van der Waals surface area (Å²) in [5, 5.41) is 9.43. The van der Waals surface area contributed by atoms with Crippen LogP contribution in [0, 0.1) is 6.92 Å². The van der Waals surface area contributed by atoms with E-state index in [0.717, 1.165) is 12.8 Å². The Hall–Kier alpha value is -1.39. The predicted octanol–water partition coefficient (Wildman–Crippen LogP) is 0.682. The summed E-state index contributed by atoms with van der Waals surface area (Å²) in [4.78, 5) is 11.0. The lowest BCUT2D eigenvalue weighted by atomic mass is 9.99. The molecule has 0 aromatic heterocycles. The van der Waals surface area contributed by atoms with E-state index in [2.05, 4.69) is 42.0 Å². The van der Waals surface area contributed by atoms with Gasteiger partial charge in [-0.15, -0.1) is 0 Å². The zero-order valence-electron chi connectivity index (χ0n) is 9.94. The molecule has 1 aliphatic heterocycles. The van der Waals surface area contributed by atoms with Gasteiger partial charge in [-0.3, -0.25) is 10.2 Å². The van der Waals surface area contributed by atoms with Crippen molar-refractivity contribution in [2.24, 2.45) is 0 Å². The maximum Gasteiger partial charge on any atom is 0.262 e. The number of aliphatic hydroxyl groups is 1. The van der Waals surface area contributed by atoms with Gasteiger partial charge in [0.05, 0.1) is 0 Å². The summed E-state index contributed by atoms with van der Waals surface area (Å²) in [7, 11) is 0. The Morgan fingerprint density at radius 2 is 2.06 bits per heavy atom. The zero-order chi connectivity index (χ0) is 12.3. The second kappa shape index (κ2) is 5.29. The fourth-order valence-corrected chi connectivity index (χ4v) is 1.98. The summed E-state index contributed by atoms with van der Waals surface area (Å²) in [5.74, 6) is -0.336. The third kappa shape index (κ3) is 3.28. The number of hydrogen-bond acceptors (Lipinski definition) is 3. The second-order valence-corrected chi connectivity index (χ2v) is 4.61. The lowest BCUT2D eigenvalue weighted by molar-refractivity contribution is -0.134. The number of hydrazine groups is 1. The van der Waals surface area contributed by atoms with E-state index >= 15 is 0 Å². The highest BCUT2D eigenvalue weighted by Gasteiger charge is 2.25. The van der Waals surface area contributed by atoms with Gasteiger partial charge in [0.25, 0.3) is 5.91 Å². The van der Waals surface area contributed by atoms with Crippen molar-refractivity contribution in [2.45, 2.75) is 38.3 Å². The summed E-state index contributed by atoms with van der Waals surface area (Å²) < 4.78 is 0. The molecular weight excluding hydrogens is 216 g/mol. The molecule has 0 saturated carbocycles. The molecule has 2 unspecified atom stereocenters. The van der Waals surface area contributed by atoms with Crippen LogP contribution in [0.25, 0.3) is 0 Å². The first-order chi connectivity index (χ1) is 8.15. The Labute approximate surface area is 101 Å². The molecule has 1 aromatic rings. The number of hydrogen-bond donors (Lipinski definition) is 3. The van der Waals surface area contributed by atoms with Crippen LogP contribution >= 0.6 is 0 Å². The van der Waals surface area contributed by atoms with Gasteiger partial charge in [-0.1, -0.05) is 29.8 Å². The lowest BCUT2D eigenvalue weighted by Crippen LogP contribution is -2.55. The molecule has 0 bridgehead atoms. The number of amides is 1. The van der Waals surface area contributed by atoms with Crippen LogP contribution in [0.4, 0.5) is 0 Å². The van der Waals surface area contributed by atoms with Gasteiger partial charge < -0.3 is 5.11 Å². The minimum absolute atomic E-state index is 0.143. The minimum Gasteiger partial charge on any atom is -0.383 e. The smallest absolute Gasteiger partial charge is 0.262 e. The SMILES string of the molecule is Cc1ccc(CCC2CC(O)C(=O)NN2)cc1. The normalized spacial score (nSPS) is 24.5. The summed E-state index contributed by atoms with van der Waals surface area (Å²) in [5.41, 5.74) is 7.95. The Balaban J connectivity index is 1.82. The molecule has 17 heavy (non-hydrogen) atoms. The molecule has 1 fully saturated rings. The van der Waals surface area contributed by atoms with E-state index in [0.29, 0.717) is 6.42 Å². The first-order valence-electron chi connectivity index (χ1n) is 5.94. The molecule has 1 heterocycles. The van der Waals surface area contributed by atoms with Crippen LogP contribution in [0.2, 0.25) is 0 Å². The maximum absolute atomic E-state index is 11.0. The topological polar surface area (TPSA) is 61.4 Å². The van der Waals surface area contributed by atoms with Crippen molar-refractivity contribution in [1.29, 1.82) is 0 Å². The number of rotatable bonds is 3. The van der Waals surface area contributed by atoms with E-state index in [4.69, 9.17) is 0 Å². The summed E-state index contributed by atoms with van der Waals surface area (Å²) >= 11 is 0. The predicted molar refractivity (Wildman–Crippen MR) is 65.2 cm³/mol. The number of carbonyl (C=O) groups excluding carboxylic acids is 1. The van der Waals surface area contributed by atoms with E-state index in [1.165, 1.54) is 11.1 Å². The van der Waals surface area contributed by atoms with Crippen LogP contribution in [-0.4, -0.2) is 23.2 Å². The quantitative estimate of drug-likeness (QED) is 0.721. The van der Waals surface area contributed by atoms with Crippen molar-refractivity contribution in [2.75, 3.05) is 0 Å². The highest BCUT2D eigenvalue weighted by molar-refractivity contribution is 5.80. The summed E-state index contributed by atoms with van der Waals surface area (Å²) in [6, 6.07) is 8.57. The van der Waals surface area contributed by atoms with Crippen molar-refractivity contribution in [3.63, 3.8) is 0 Å². The highest BCUT2D eigenvalue weighted by atomic mass is 16.3. The van der Waals surface area contributed by atoms with Gasteiger partial charge in [-0.05, 0) is 31.7 Å². The van der Waals surface area contributed by atoms with Gasteiger partial charge in [-0.2, -0.15) is 0 Å². The number of carbonyl (C=O) groups is 1. The fraction of sp³-hybridized carbons (Fsp3) is 0.462. The molecule has 1 aliphatic rings. The molecule has 3 N–H and O–H groups in total. The van der Waals surface area contributed by atoms with Gasteiger partial charge in [0, 0.05) is 6.04 Å². The van der Waals surface area contributed by atoms with Crippen LogP contribution in [0.15, 0.2) is 24.3 Å². The molecule has 1 saturated heterocycles. The Morgan fingerprint density at radius 1 is 1.35 bits per heavy atom. The first-order valence-corrected chi connectivity index (χ1v) is 5.94.